The number of para-hydroxylation sites is 1. The van der Waals surface area contributed by atoms with Crippen molar-refractivity contribution in [2.75, 3.05) is 0 Å². The molecule has 5 nitrogen and oxygen atoms in total. The van der Waals surface area contributed by atoms with Crippen molar-refractivity contribution in [3.63, 3.8) is 0 Å². The zero-order valence-corrected chi connectivity index (χ0v) is 32.5. The minimum Gasteiger partial charge on any atom is -0.510 e. The third kappa shape index (κ3) is 6.74. The van der Waals surface area contributed by atoms with Gasteiger partial charge in [-0.2, -0.15) is 18.2 Å². The van der Waals surface area contributed by atoms with Gasteiger partial charge in [-0.05, 0) is 68.9 Å². The number of fused-ring (bicyclic) bond motifs is 3. The third-order valence-corrected chi connectivity index (χ3v) is 9.33. The van der Waals surface area contributed by atoms with Gasteiger partial charge in [0.05, 0.1) is 11.4 Å². The number of rotatable bonds is 6. The molecule has 52 heavy (non-hydrogen) atoms. The second-order valence-electron chi connectivity index (χ2n) is 15.1. The van der Waals surface area contributed by atoms with Crippen LogP contribution in [0.5, 0.6) is 11.5 Å². The maximum atomic E-state index is 6.48. The molecule has 0 atom stereocenters. The van der Waals surface area contributed by atoms with Crippen LogP contribution in [0, 0.1) is 18.5 Å². The second-order valence-corrected chi connectivity index (χ2v) is 15.1. The van der Waals surface area contributed by atoms with Crippen LogP contribution < -0.4 is 9.30 Å². The molecule has 0 bridgehead atoms. The summed E-state index contributed by atoms with van der Waals surface area (Å²) in [6, 6.07) is 48.9. The summed E-state index contributed by atoms with van der Waals surface area (Å²) in [6.07, 6.45) is 7.61. The van der Waals surface area contributed by atoms with Crippen molar-refractivity contribution in [3.05, 3.63) is 163 Å². The SMILES string of the molecule is CC(C)(C)c1ccnc(-n2c3[c-]c(Oc4[c-]c(-n5[c-][n+](-c6ccc(-c7ccccc7)cc6)c(C(C)(C)C)c5)ccc4)ccc3c3ccccc32)c1.[Pt]. The van der Waals surface area contributed by atoms with E-state index in [4.69, 9.17) is 9.72 Å². The van der Waals surface area contributed by atoms with Gasteiger partial charge in [0.2, 0.25) is 0 Å². The van der Waals surface area contributed by atoms with Gasteiger partial charge in [0.25, 0.3) is 6.33 Å². The Balaban J connectivity index is 0.00000420. The predicted octanol–water partition coefficient (Wildman–Crippen LogP) is 10.7. The van der Waals surface area contributed by atoms with E-state index in [1.54, 1.807) is 0 Å². The summed E-state index contributed by atoms with van der Waals surface area (Å²) in [6.45, 7) is 13.3. The van der Waals surface area contributed by atoms with Gasteiger partial charge < -0.3 is 13.9 Å². The molecule has 3 aromatic heterocycles. The molecule has 0 aliphatic carbocycles. The first-order chi connectivity index (χ1) is 24.5. The van der Waals surface area contributed by atoms with Crippen LogP contribution in [-0.2, 0) is 31.9 Å². The van der Waals surface area contributed by atoms with Crippen molar-refractivity contribution < 1.29 is 30.4 Å². The molecule has 0 unspecified atom stereocenters. The minimum atomic E-state index is -0.127. The quantitative estimate of drug-likeness (QED) is 0.123. The van der Waals surface area contributed by atoms with Crippen LogP contribution in [0.2, 0.25) is 0 Å². The molecule has 3 heterocycles. The van der Waals surface area contributed by atoms with E-state index in [0.29, 0.717) is 11.5 Å². The maximum Gasteiger partial charge on any atom is 0.267 e. The first kappa shape index (κ1) is 35.2. The predicted molar refractivity (Wildman–Crippen MR) is 205 cm³/mol. The van der Waals surface area contributed by atoms with E-state index in [2.05, 4.69) is 166 Å². The fourth-order valence-electron chi connectivity index (χ4n) is 6.59. The van der Waals surface area contributed by atoms with Gasteiger partial charge in [-0.3, -0.25) is 4.57 Å². The van der Waals surface area contributed by atoms with E-state index in [1.807, 2.05) is 41.1 Å². The first-order valence-corrected chi connectivity index (χ1v) is 17.4. The smallest absolute Gasteiger partial charge is 0.267 e. The third-order valence-electron chi connectivity index (χ3n) is 9.33. The second kappa shape index (κ2) is 13.7. The number of hydrogen-bond donors (Lipinski definition) is 0. The topological polar surface area (TPSA) is 35.9 Å². The van der Waals surface area contributed by atoms with E-state index in [-0.39, 0.29) is 31.9 Å². The molecule has 0 saturated heterocycles. The fraction of sp³-hybridized carbons (Fsp3) is 0.174. The van der Waals surface area contributed by atoms with Gasteiger partial charge in [-0.1, -0.05) is 108 Å². The van der Waals surface area contributed by atoms with E-state index < -0.39 is 0 Å². The van der Waals surface area contributed by atoms with E-state index in [0.717, 1.165) is 44.7 Å². The van der Waals surface area contributed by atoms with Crippen LogP contribution >= 0.6 is 0 Å². The number of ether oxygens (including phenoxy) is 1. The van der Waals surface area contributed by atoms with Crippen LogP contribution in [0.1, 0.15) is 52.8 Å². The van der Waals surface area contributed by atoms with Crippen LogP contribution in [0.15, 0.2) is 134 Å². The Hall–Kier alpha value is -5.25. The Morgan fingerprint density at radius 2 is 1.37 bits per heavy atom. The summed E-state index contributed by atoms with van der Waals surface area (Å²) in [4.78, 5) is 4.81. The molecule has 262 valence electrons. The molecule has 0 radical (unpaired) electrons. The Bertz CT molecular complexity index is 2520. The molecule has 6 heteroatoms. The standard InChI is InChI=1S/C46H40N4O.Pt/c1-45(2,3)34-25-26-47-44(27-34)50-41-18-11-10-17-39(41)40-24-23-38(29-42(40)50)51-37-16-12-15-36(28-37)48-30-43(46(4,5)6)49(31-48)35-21-19-33(20-22-35)32-13-8-7-9-14-32;/h7-27,30H,1-6H3;/q-2;. The molecule has 5 aromatic carbocycles. The van der Waals surface area contributed by atoms with Crippen molar-refractivity contribution in [2.45, 2.75) is 52.4 Å². The molecule has 0 aliphatic rings. The average molecular weight is 860 g/mol. The van der Waals surface area contributed by atoms with Crippen molar-refractivity contribution in [1.29, 1.82) is 0 Å². The Labute approximate surface area is 320 Å². The van der Waals surface area contributed by atoms with Crippen molar-refractivity contribution in [2.24, 2.45) is 0 Å². The number of pyridine rings is 1. The summed E-state index contributed by atoms with van der Waals surface area (Å²) in [5.41, 5.74) is 8.46. The van der Waals surface area contributed by atoms with Crippen LogP contribution in [-0.4, -0.2) is 14.1 Å². The summed E-state index contributed by atoms with van der Waals surface area (Å²) in [5.74, 6) is 2.06. The summed E-state index contributed by atoms with van der Waals surface area (Å²) >= 11 is 0. The van der Waals surface area contributed by atoms with Crippen molar-refractivity contribution in [3.8, 4) is 39.8 Å². The molecule has 0 spiro atoms. The zero-order valence-electron chi connectivity index (χ0n) is 30.2. The summed E-state index contributed by atoms with van der Waals surface area (Å²) in [5, 5.41) is 2.24. The van der Waals surface area contributed by atoms with Gasteiger partial charge in [0.1, 0.15) is 5.82 Å². The van der Waals surface area contributed by atoms with E-state index in [1.165, 1.54) is 16.7 Å². The molecule has 8 rings (SSSR count). The number of aromatic nitrogens is 4. The largest absolute Gasteiger partial charge is 0.510 e. The monoisotopic (exact) mass is 859 g/mol. The van der Waals surface area contributed by atoms with E-state index in [9.17, 15) is 0 Å². The van der Waals surface area contributed by atoms with Gasteiger partial charge in [-0.15, -0.1) is 29.7 Å². The van der Waals surface area contributed by atoms with Gasteiger partial charge in [0, 0.05) is 50.5 Å². The Kier molecular flexibility index (Phi) is 9.27. The average Bonchev–Trinajstić information content (AvgIpc) is 3.73. The first-order valence-electron chi connectivity index (χ1n) is 17.4. The number of hydrogen-bond acceptors (Lipinski definition) is 2. The molecule has 0 saturated carbocycles. The molecular weight excluding hydrogens is 820 g/mol. The van der Waals surface area contributed by atoms with Crippen molar-refractivity contribution in [1.82, 2.24) is 14.1 Å². The molecule has 0 N–H and O–H groups in total. The molecule has 0 fully saturated rings. The maximum absolute atomic E-state index is 6.48. The zero-order chi connectivity index (χ0) is 35.3. The summed E-state index contributed by atoms with van der Waals surface area (Å²) in [7, 11) is 0. The molecular formula is C46H40N4OPt-2. The van der Waals surface area contributed by atoms with Gasteiger partial charge >= 0.3 is 0 Å². The molecule has 0 amide bonds. The molecule has 0 aliphatic heterocycles. The van der Waals surface area contributed by atoms with Crippen LogP contribution in [0.4, 0.5) is 0 Å². The Morgan fingerprint density at radius 3 is 2.12 bits per heavy atom. The van der Waals surface area contributed by atoms with Gasteiger partial charge in [0.15, 0.2) is 0 Å². The van der Waals surface area contributed by atoms with Crippen LogP contribution in [0.25, 0.3) is 50.1 Å². The normalized spacial score (nSPS) is 11.9. The number of nitrogens with zero attached hydrogens (tertiary/aromatic N) is 4. The van der Waals surface area contributed by atoms with Crippen LogP contribution in [0.3, 0.4) is 0 Å². The Morgan fingerprint density at radius 1 is 0.654 bits per heavy atom. The fourth-order valence-corrected chi connectivity index (χ4v) is 6.59. The van der Waals surface area contributed by atoms with Crippen molar-refractivity contribution >= 4 is 21.8 Å². The molecule has 8 aromatic rings. The van der Waals surface area contributed by atoms with E-state index >= 15 is 0 Å². The number of imidazole rings is 1. The number of benzene rings is 5. The minimum absolute atomic E-state index is 0. The van der Waals surface area contributed by atoms with Gasteiger partial charge in [-0.25, -0.2) is 4.98 Å². The summed E-state index contributed by atoms with van der Waals surface area (Å²) < 4.78 is 12.8.